The van der Waals surface area contributed by atoms with E-state index in [9.17, 15) is 4.79 Å². The van der Waals surface area contributed by atoms with Crippen molar-refractivity contribution in [3.8, 4) is 0 Å². The number of amides is 1. The third-order valence-electron chi connectivity index (χ3n) is 2.47. The molecule has 0 atom stereocenters. The van der Waals surface area contributed by atoms with Gasteiger partial charge >= 0.3 is 0 Å². The lowest BCUT2D eigenvalue weighted by Gasteiger charge is -2.10. The average molecular weight is 251 g/mol. The molecular weight excluding hydrogens is 230 g/mol. The minimum Gasteiger partial charge on any atom is -0.397 e. The van der Waals surface area contributed by atoms with Gasteiger partial charge in [0, 0.05) is 25.3 Å². The second kappa shape index (κ2) is 7.55. The standard InChI is InChI=1S/C13H21N3O2/c1-2-7-18-8-3-6-16-12-9-10(13(15)17)4-5-11(12)14/h4-5,9,16H,2-3,6-8,14H2,1H3,(H2,15,17). The number of nitrogens with two attached hydrogens (primary N) is 2. The van der Waals surface area contributed by atoms with Crippen molar-refractivity contribution in [3.05, 3.63) is 23.8 Å². The van der Waals surface area contributed by atoms with Gasteiger partial charge in [0.05, 0.1) is 11.4 Å². The SMILES string of the molecule is CCCOCCCNc1cc(C(N)=O)ccc1N. The van der Waals surface area contributed by atoms with Crippen LogP contribution in [0.2, 0.25) is 0 Å². The van der Waals surface area contributed by atoms with Crippen molar-refractivity contribution in [2.24, 2.45) is 5.73 Å². The summed E-state index contributed by atoms with van der Waals surface area (Å²) in [4.78, 5) is 11.0. The third kappa shape index (κ3) is 4.63. The smallest absolute Gasteiger partial charge is 0.248 e. The van der Waals surface area contributed by atoms with Crippen molar-refractivity contribution < 1.29 is 9.53 Å². The highest BCUT2D eigenvalue weighted by Crippen LogP contribution is 2.19. The maximum atomic E-state index is 11.0. The van der Waals surface area contributed by atoms with Crippen LogP contribution in [0.4, 0.5) is 11.4 Å². The molecule has 5 nitrogen and oxygen atoms in total. The molecule has 0 bridgehead atoms. The van der Waals surface area contributed by atoms with Crippen LogP contribution in [-0.4, -0.2) is 25.7 Å². The zero-order valence-electron chi connectivity index (χ0n) is 10.7. The van der Waals surface area contributed by atoms with Crippen LogP contribution in [0.25, 0.3) is 0 Å². The minimum absolute atomic E-state index is 0.453. The first kappa shape index (κ1) is 14.3. The highest BCUT2D eigenvalue weighted by molar-refractivity contribution is 5.94. The van der Waals surface area contributed by atoms with E-state index in [-0.39, 0.29) is 0 Å². The van der Waals surface area contributed by atoms with E-state index < -0.39 is 5.91 Å². The molecule has 0 fully saturated rings. The van der Waals surface area contributed by atoms with Crippen LogP contribution in [-0.2, 0) is 4.74 Å². The number of carbonyl (C=O) groups is 1. The zero-order chi connectivity index (χ0) is 13.4. The molecule has 0 aromatic heterocycles. The number of nitrogen functional groups attached to an aromatic ring is 1. The zero-order valence-corrected chi connectivity index (χ0v) is 10.7. The molecule has 1 amide bonds. The van der Waals surface area contributed by atoms with E-state index in [1.54, 1.807) is 18.2 Å². The number of carbonyl (C=O) groups excluding carboxylic acids is 1. The van der Waals surface area contributed by atoms with Gasteiger partial charge in [-0.05, 0) is 31.0 Å². The van der Waals surface area contributed by atoms with Gasteiger partial charge in [-0.15, -0.1) is 0 Å². The molecule has 5 heteroatoms. The molecular formula is C13H21N3O2. The lowest BCUT2D eigenvalue weighted by Crippen LogP contribution is -2.13. The monoisotopic (exact) mass is 251 g/mol. The average Bonchev–Trinajstić information content (AvgIpc) is 2.35. The fraction of sp³-hybridized carbons (Fsp3) is 0.462. The first-order chi connectivity index (χ1) is 8.65. The Morgan fingerprint density at radius 3 is 2.83 bits per heavy atom. The molecule has 0 aliphatic heterocycles. The molecule has 0 spiro atoms. The van der Waals surface area contributed by atoms with Crippen LogP contribution in [0.15, 0.2) is 18.2 Å². The maximum absolute atomic E-state index is 11.0. The van der Waals surface area contributed by atoms with Crippen molar-refractivity contribution in [1.82, 2.24) is 0 Å². The summed E-state index contributed by atoms with van der Waals surface area (Å²) < 4.78 is 5.37. The summed E-state index contributed by atoms with van der Waals surface area (Å²) in [7, 11) is 0. The van der Waals surface area contributed by atoms with Gasteiger partial charge in [-0.2, -0.15) is 0 Å². The van der Waals surface area contributed by atoms with Crippen molar-refractivity contribution in [1.29, 1.82) is 0 Å². The minimum atomic E-state index is -0.454. The van der Waals surface area contributed by atoms with Crippen molar-refractivity contribution in [2.45, 2.75) is 19.8 Å². The lowest BCUT2D eigenvalue weighted by molar-refractivity contribution is 0.100. The van der Waals surface area contributed by atoms with Gasteiger partial charge in [0.25, 0.3) is 0 Å². The van der Waals surface area contributed by atoms with Crippen LogP contribution >= 0.6 is 0 Å². The summed E-state index contributed by atoms with van der Waals surface area (Å²) in [5.74, 6) is -0.454. The van der Waals surface area contributed by atoms with E-state index in [0.29, 0.717) is 11.3 Å². The van der Waals surface area contributed by atoms with E-state index in [0.717, 1.165) is 38.3 Å². The molecule has 0 saturated heterocycles. The predicted molar refractivity (Wildman–Crippen MR) is 73.6 cm³/mol. The topological polar surface area (TPSA) is 90.4 Å². The van der Waals surface area contributed by atoms with E-state index >= 15 is 0 Å². The molecule has 1 rings (SSSR count). The molecule has 0 saturated carbocycles. The number of primary amides is 1. The summed E-state index contributed by atoms with van der Waals surface area (Å²) in [6, 6.07) is 4.97. The van der Waals surface area contributed by atoms with Gasteiger partial charge in [-0.3, -0.25) is 4.79 Å². The predicted octanol–water partition coefficient (Wildman–Crippen LogP) is 1.60. The molecule has 0 aliphatic rings. The van der Waals surface area contributed by atoms with Crippen LogP contribution in [0.5, 0.6) is 0 Å². The van der Waals surface area contributed by atoms with Gasteiger partial charge in [-0.1, -0.05) is 6.92 Å². The van der Waals surface area contributed by atoms with E-state index in [1.165, 1.54) is 0 Å². The first-order valence-electron chi connectivity index (χ1n) is 6.16. The first-order valence-corrected chi connectivity index (χ1v) is 6.16. The van der Waals surface area contributed by atoms with Crippen molar-refractivity contribution in [2.75, 3.05) is 30.8 Å². The second-order valence-electron chi connectivity index (χ2n) is 4.06. The number of ether oxygens (including phenoxy) is 1. The fourth-order valence-electron chi connectivity index (χ4n) is 1.51. The Hall–Kier alpha value is -1.75. The third-order valence-corrected chi connectivity index (χ3v) is 2.47. The molecule has 5 N–H and O–H groups in total. The van der Waals surface area contributed by atoms with E-state index in [1.807, 2.05) is 0 Å². The number of anilines is 2. The number of hydrogen-bond acceptors (Lipinski definition) is 4. The summed E-state index contributed by atoms with van der Waals surface area (Å²) in [5, 5.41) is 3.17. The van der Waals surface area contributed by atoms with E-state index in [2.05, 4.69) is 12.2 Å². The second-order valence-corrected chi connectivity index (χ2v) is 4.06. The van der Waals surface area contributed by atoms with Crippen molar-refractivity contribution in [3.63, 3.8) is 0 Å². The summed E-state index contributed by atoms with van der Waals surface area (Å²) in [5.41, 5.74) is 12.8. The van der Waals surface area contributed by atoms with Crippen LogP contribution in [0, 0.1) is 0 Å². The molecule has 0 unspecified atom stereocenters. The highest BCUT2D eigenvalue weighted by Gasteiger charge is 2.04. The van der Waals surface area contributed by atoms with Gasteiger partial charge in [0.2, 0.25) is 5.91 Å². The molecule has 18 heavy (non-hydrogen) atoms. The number of rotatable bonds is 8. The Kier molecular flexibility index (Phi) is 6.00. The molecule has 1 aromatic rings. The largest absolute Gasteiger partial charge is 0.397 e. The molecule has 0 radical (unpaired) electrons. The quantitative estimate of drug-likeness (QED) is 0.483. The van der Waals surface area contributed by atoms with Crippen LogP contribution in [0.1, 0.15) is 30.1 Å². The summed E-state index contributed by atoms with van der Waals surface area (Å²) in [6.07, 6.45) is 1.92. The summed E-state index contributed by atoms with van der Waals surface area (Å²) >= 11 is 0. The van der Waals surface area contributed by atoms with Crippen molar-refractivity contribution >= 4 is 17.3 Å². The Balaban J connectivity index is 2.41. The molecule has 1 aromatic carbocycles. The Morgan fingerprint density at radius 2 is 2.17 bits per heavy atom. The number of benzene rings is 1. The van der Waals surface area contributed by atoms with Crippen LogP contribution in [0.3, 0.4) is 0 Å². The molecule has 100 valence electrons. The van der Waals surface area contributed by atoms with Crippen LogP contribution < -0.4 is 16.8 Å². The Morgan fingerprint density at radius 1 is 1.39 bits per heavy atom. The van der Waals surface area contributed by atoms with Gasteiger partial charge in [-0.25, -0.2) is 0 Å². The normalized spacial score (nSPS) is 10.3. The molecule has 0 aliphatic carbocycles. The molecule has 0 heterocycles. The van der Waals surface area contributed by atoms with Gasteiger partial charge < -0.3 is 21.5 Å². The Bertz CT molecular complexity index is 394. The number of hydrogen-bond donors (Lipinski definition) is 3. The Labute approximate surface area is 107 Å². The highest BCUT2D eigenvalue weighted by atomic mass is 16.5. The summed E-state index contributed by atoms with van der Waals surface area (Å²) in [6.45, 7) is 4.33. The van der Waals surface area contributed by atoms with E-state index in [4.69, 9.17) is 16.2 Å². The van der Waals surface area contributed by atoms with Gasteiger partial charge in [0.15, 0.2) is 0 Å². The lowest BCUT2D eigenvalue weighted by atomic mass is 10.1. The maximum Gasteiger partial charge on any atom is 0.248 e. The number of nitrogens with one attached hydrogen (secondary N) is 1. The fourth-order valence-corrected chi connectivity index (χ4v) is 1.51. The van der Waals surface area contributed by atoms with Gasteiger partial charge in [0.1, 0.15) is 0 Å².